The van der Waals surface area contributed by atoms with E-state index in [1.54, 1.807) is 0 Å². The minimum atomic E-state index is 0.255. The van der Waals surface area contributed by atoms with Crippen molar-refractivity contribution in [2.45, 2.75) is 44.4 Å². The molecule has 0 amide bonds. The molecule has 0 spiro atoms. The summed E-state index contributed by atoms with van der Waals surface area (Å²) < 4.78 is 6.10. The molecule has 0 saturated carbocycles. The summed E-state index contributed by atoms with van der Waals surface area (Å²) >= 11 is 0. The van der Waals surface area contributed by atoms with Crippen LogP contribution >= 0.6 is 0 Å². The van der Waals surface area contributed by atoms with Gasteiger partial charge in [0.1, 0.15) is 0 Å². The SMILES string of the molecule is C[C@H]1[C@H](c2ccccc2)OC[C@H]2CCCCN21. The van der Waals surface area contributed by atoms with Crippen molar-refractivity contribution in [2.75, 3.05) is 13.2 Å². The van der Waals surface area contributed by atoms with E-state index in [1.165, 1.54) is 31.4 Å². The highest BCUT2D eigenvalue weighted by molar-refractivity contribution is 5.19. The van der Waals surface area contributed by atoms with Gasteiger partial charge in [-0.2, -0.15) is 0 Å². The van der Waals surface area contributed by atoms with Crippen molar-refractivity contribution in [1.29, 1.82) is 0 Å². The van der Waals surface area contributed by atoms with Gasteiger partial charge in [0.2, 0.25) is 0 Å². The number of nitrogens with zero attached hydrogens (tertiary/aromatic N) is 1. The first kappa shape index (κ1) is 11.2. The number of rotatable bonds is 1. The van der Waals surface area contributed by atoms with Gasteiger partial charge in [-0.05, 0) is 31.9 Å². The zero-order chi connectivity index (χ0) is 11.7. The molecular weight excluding hydrogens is 210 g/mol. The number of hydrogen-bond acceptors (Lipinski definition) is 2. The highest BCUT2D eigenvalue weighted by Crippen LogP contribution is 2.34. The molecule has 3 rings (SSSR count). The van der Waals surface area contributed by atoms with Crippen LogP contribution in [0.2, 0.25) is 0 Å². The Morgan fingerprint density at radius 2 is 2.00 bits per heavy atom. The lowest BCUT2D eigenvalue weighted by atomic mass is 9.93. The summed E-state index contributed by atoms with van der Waals surface area (Å²) in [6.45, 7) is 4.47. The highest BCUT2D eigenvalue weighted by Gasteiger charge is 2.36. The third-order valence-electron chi connectivity index (χ3n) is 4.23. The second kappa shape index (κ2) is 4.79. The number of fused-ring (bicyclic) bond motifs is 1. The number of ether oxygens (including phenoxy) is 1. The smallest absolute Gasteiger partial charge is 0.0978 e. The molecule has 2 saturated heterocycles. The molecule has 0 N–H and O–H groups in total. The summed E-state index contributed by atoms with van der Waals surface area (Å²) in [7, 11) is 0. The van der Waals surface area contributed by atoms with Crippen LogP contribution in [0.3, 0.4) is 0 Å². The van der Waals surface area contributed by atoms with E-state index in [-0.39, 0.29) is 6.10 Å². The lowest BCUT2D eigenvalue weighted by Crippen LogP contribution is -2.54. The van der Waals surface area contributed by atoms with Crippen molar-refractivity contribution < 1.29 is 4.74 Å². The molecule has 2 nitrogen and oxygen atoms in total. The topological polar surface area (TPSA) is 12.5 Å². The maximum absolute atomic E-state index is 6.10. The standard InChI is InChI=1S/C15H21NO/c1-12-15(13-7-3-2-4-8-13)17-11-14-9-5-6-10-16(12)14/h2-4,7-8,12,14-15H,5-6,9-11H2,1H3/t12-,14+,15+/m0/s1. The van der Waals surface area contributed by atoms with E-state index in [4.69, 9.17) is 4.74 Å². The van der Waals surface area contributed by atoms with Crippen molar-refractivity contribution in [2.24, 2.45) is 0 Å². The van der Waals surface area contributed by atoms with Crippen LogP contribution in [-0.2, 0) is 4.74 Å². The lowest BCUT2D eigenvalue weighted by molar-refractivity contribution is -0.111. The molecule has 2 heteroatoms. The van der Waals surface area contributed by atoms with E-state index in [1.807, 2.05) is 0 Å². The van der Waals surface area contributed by atoms with E-state index in [0.29, 0.717) is 12.1 Å². The van der Waals surface area contributed by atoms with Crippen LogP contribution in [0.4, 0.5) is 0 Å². The van der Waals surface area contributed by atoms with Crippen LogP contribution in [0.25, 0.3) is 0 Å². The summed E-state index contributed by atoms with van der Waals surface area (Å²) in [5, 5.41) is 0. The maximum Gasteiger partial charge on any atom is 0.0978 e. The van der Waals surface area contributed by atoms with Gasteiger partial charge in [-0.1, -0.05) is 36.8 Å². The molecule has 0 aliphatic carbocycles. The van der Waals surface area contributed by atoms with Gasteiger partial charge in [0.25, 0.3) is 0 Å². The fourth-order valence-electron chi connectivity index (χ4n) is 3.28. The third-order valence-corrected chi connectivity index (χ3v) is 4.23. The monoisotopic (exact) mass is 231 g/mol. The first-order valence-corrected chi connectivity index (χ1v) is 6.78. The van der Waals surface area contributed by atoms with Gasteiger partial charge >= 0.3 is 0 Å². The van der Waals surface area contributed by atoms with E-state index in [0.717, 1.165) is 6.61 Å². The zero-order valence-electron chi connectivity index (χ0n) is 10.5. The Morgan fingerprint density at radius 3 is 2.82 bits per heavy atom. The predicted octanol–water partition coefficient (Wildman–Crippen LogP) is 3.00. The third kappa shape index (κ3) is 2.12. The second-order valence-electron chi connectivity index (χ2n) is 5.29. The predicted molar refractivity (Wildman–Crippen MR) is 68.9 cm³/mol. The van der Waals surface area contributed by atoms with Gasteiger partial charge in [-0.15, -0.1) is 0 Å². The molecule has 3 atom stereocenters. The summed E-state index contributed by atoms with van der Waals surface area (Å²) in [5.74, 6) is 0. The summed E-state index contributed by atoms with van der Waals surface area (Å²) in [4.78, 5) is 2.66. The van der Waals surface area contributed by atoms with E-state index in [2.05, 4.69) is 42.2 Å². The quantitative estimate of drug-likeness (QED) is 0.736. The Balaban J connectivity index is 1.79. The summed E-state index contributed by atoms with van der Waals surface area (Å²) in [6.07, 6.45) is 4.28. The molecule has 1 aromatic carbocycles. The van der Waals surface area contributed by atoms with Gasteiger partial charge in [0, 0.05) is 12.1 Å². The van der Waals surface area contributed by atoms with Gasteiger partial charge in [0.15, 0.2) is 0 Å². The number of benzene rings is 1. The molecule has 2 fully saturated rings. The molecule has 92 valence electrons. The van der Waals surface area contributed by atoms with E-state index >= 15 is 0 Å². The van der Waals surface area contributed by atoms with Crippen LogP contribution in [0.1, 0.15) is 37.9 Å². The van der Waals surface area contributed by atoms with Crippen molar-refractivity contribution in [1.82, 2.24) is 4.90 Å². The fraction of sp³-hybridized carbons (Fsp3) is 0.600. The maximum atomic E-state index is 6.10. The fourth-order valence-corrected chi connectivity index (χ4v) is 3.28. The molecule has 1 aromatic rings. The number of morpholine rings is 1. The minimum Gasteiger partial charge on any atom is -0.370 e. The lowest BCUT2D eigenvalue weighted by Gasteiger charge is -2.47. The Labute approximate surface area is 104 Å². The Hall–Kier alpha value is -0.860. The molecule has 0 unspecified atom stereocenters. The molecule has 17 heavy (non-hydrogen) atoms. The largest absolute Gasteiger partial charge is 0.370 e. The van der Waals surface area contributed by atoms with Crippen molar-refractivity contribution >= 4 is 0 Å². The van der Waals surface area contributed by atoms with Crippen molar-refractivity contribution in [3.8, 4) is 0 Å². The molecule has 0 bridgehead atoms. The highest BCUT2D eigenvalue weighted by atomic mass is 16.5. The van der Waals surface area contributed by atoms with Crippen LogP contribution in [0.5, 0.6) is 0 Å². The Kier molecular flexibility index (Phi) is 3.17. The first-order chi connectivity index (χ1) is 8.36. The van der Waals surface area contributed by atoms with Gasteiger partial charge in [-0.3, -0.25) is 4.90 Å². The van der Waals surface area contributed by atoms with E-state index in [9.17, 15) is 0 Å². The van der Waals surface area contributed by atoms with Crippen LogP contribution in [0, 0.1) is 0 Å². The molecular formula is C15H21NO. The van der Waals surface area contributed by atoms with Crippen LogP contribution < -0.4 is 0 Å². The molecule has 0 aromatic heterocycles. The van der Waals surface area contributed by atoms with Gasteiger partial charge < -0.3 is 4.74 Å². The number of hydrogen-bond donors (Lipinski definition) is 0. The Morgan fingerprint density at radius 1 is 1.18 bits per heavy atom. The second-order valence-corrected chi connectivity index (χ2v) is 5.29. The average Bonchev–Trinajstić information content (AvgIpc) is 2.40. The zero-order valence-corrected chi connectivity index (χ0v) is 10.5. The number of piperidine rings is 1. The molecule has 0 radical (unpaired) electrons. The first-order valence-electron chi connectivity index (χ1n) is 6.78. The van der Waals surface area contributed by atoms with Gasteiger partial charge in [-0.25, -0.2) is 0 Å². The molecule has 2 aliphatic heterocycles. The summed E-state index contributed by atoms with van der Waals surface area (Å²) in [6, 6.07) is 11.8. The van der Waals surface area contributed by atoms with E-state index < -0.39 is 0 Å². The summed E-state index contributed by atoms with van der Waals surface area (Å²) in [5.41, 5.74) is 1.32. The van der Waals surface area contributed by atoms with Crippen molar-refractivity contribution in [3.05, 3.63) is 35.9 Å². The van der Waals surface area contributed by atoms with Gasteiger partial charge in [0.05, 0.1) is 12.7 Å². The Bertz CT molecular complexity index is 364. The van der Waals surface area contributed by atoms with Crippen LogP contribution in [0.15, 0.2) is 30.3 Å². The normalized spacial score (nSPS) is 34.3. The molecule has 2 aliphatic rings. The molecule has 2 heterocycles. The van der Waals surface area contributed by atoms with Crippen molar-refractivity contribution in [3.63, 3.8) is 0 Å². The minimum absolute atomic E-state index is 0.255. The van der Waals surface area contributed by atoms with Crippen LogP contribution in [-0.4, -0.2) is 30.1 Å². The average molecular weight is 231 g/mol.